The van der Waals surface area contributed by atoms with Crippen LogP contribution >= 0.6 is 0 Å². The van der Waals surface area contributed by atoms with Crippen molar-refractivity contribution in [1.29, 1.82) is 0 Å². The lowest BCUT2D eigenvalue weighted by Gasteiger charge is -2.39. The maximum atomic E-state index is 12.2. The first-order valence-electron chi connectivity index (χ1n) is 5.86. The predicted molar refractivity (Wildman–Crippen MR) is 58.1 cm³/mol. The summed E-state index contributed by atoms with van der Waals surface area (Å²) in [5.74, 6) is -1.44. The first-order valence-corrected chi connectivity index (χ1v) is 5.86. The highest BCUT2D eigenvalue weighted by molar-refractivity contribution is 6.03. The molecule has 6 nitrogen and oxygen atoms in total. The van der Waals surface area contributed by atoms with E-state index in [2.05, 4.69) is 5.32 Å². The Bertz CT molecular complexity index is 362. The molecule has 0 bridgehead atoms. The highest BCUT2D eigenvalue weighted by Gasteiger charge is 2.52. The molecule has 2 rings (SSSR count). The lowest BCUT2D eigenvalue weighted by Crippen LogP contribution is -2.53. The summed E-state index contributed by atoms with van der Waals surface area (Å²) in [5.41, 5.74) is -1.21. The predicted octanol–water partition coefficient (Wildman–Crippen LogP) is -0.410. The summed E-state index contributed by atoms with van der Waals surface area (Å²) < 4.78 is 0. The number of nitrogens with zero attached hydrogens (tertiary/aromatic N) is 1. The summed E-state index contributed by atoms with van der Waals surface area (Å²) in [6.45, 7) is 1.12. The lowest BCUT2D eigenvalue weighted by molar-refractivity contribution is -0.167. The van der Waals surface area contributed by atoms with Gasteiger partial charge in [-0.2, -0.15) is 0 Å². The standard InChI is InChI=1S/C11H16N2O4/c14-8-2-6-13(7-5-12-8)9(15)11(10(16)17)3-1-4-11/h1-7H2,(H,12,14)(H,16,17). The molecule has 94 valence electrons. The molecular weight excluding hydrogens is 224 g/mol. The molecule has 0 aromatic rings. The number of hydrogen-bond acceptors (Lipinski definition) is 3. The van der Waals surface area contributed by atoms with Gasteiger partial charge in [0.05, 0.1) is 0 Å². The molecule has 17 heavy (non-hydrogen) atoms. The van der Waals surface area contributed by atoms with E-state index in [0.29, 0.717) is 32.5 Å². The van der Waals surface area contributed by atoms with Crippen molar-refractivity contribution in [3.8, 4) is 0 Å². The van der Waals surface area contributed by atoms with E-state index in [-0.39, 0.29) is 18.2 Å². The molecule has 2 N–H and O–H groups in total. The van der Waals surface area contributed by atoms with Gasteiger partial charge in [0.1, 0.15) is 5.41 Å². The molecule has 6 heteroatoms. The molecule has 1 saturated carbocycles. The van der Waals surface area contributed by atoms with Gasteiger partial charge >= 0.3 is 5.97 Å². The third-order valence-electron chi connectivity index (χ3n) is 3.63. The molecule has 0 radical (unpaired) electrons. The monoisotopic (exact) mass is 240 g/mol. The van der Waals surface area contributed by atoms with Gasteiger partial charge in [-0.15, -0.1) is 0 Å². The van der Waals surface area contributed by atoms with Crippen LogP contribution in [-0.4, -0.2) is 47.4 Å². The Kier molecular flexibility index (Phi) is 3.04. The van der Waals surface area contributed by atoms with Gasteiger partial charge in [0, 0.05) is 26.1 Å². The van der Waals surface area contributed by atoms with Crippen LogP contribution in [0.5, 0.6) is 0 Å². The van der Waals surface area contributed by atoms with Crippen molar-refractivity contribution in [3.63, 3.8) is 0 Å². The molecule has 1 aliphatic carbocycles. The molecule has 0 spiro atoms. The van der Waals surface area contributed by atoms with Crippen molar-refractivity contribution in [1.82, 2.24) is 10.2 Å². The summed E-state index contributed by atoms with van der Waals surface area (Å²) in [7, 11) is 0. The molecule has 2 amide bonds. The van der Waals surface area contributed by atoms with Gasteiger partial charge in [-0.05, 0) is 12.8 Å². The van der Waals surface area contributed by atoms with Crippen molar-refractivity contribution in [2.45, 2.75) is 25.7 Å². The van der Waals surface area contributed by atoms with Crippen LogP contribution in [-0.2, 0) is 14.4 Å². The van der Waals surface area contributed by atoms with E-state index < -0.39 is 11.4 Å². The summed E-state index contributed by atoms with van der Waals surface area (Å²) in [5, 5.41) is 11.8. The maximum absolute atomic E-state index is 12.2. The average Bonchev–Trinajstić information content (AvgIpc) is 2.40. The molecule has 2 aliphatic rings. The van der Waals surface area contributed by atoms with Crippen LogP contribution < -0.4 is 5.32 Å². The topological polar surface area (TPSA) is 86.7 Å². The van der Waals surface area contributed by atoms with E-state index in [1.54, 1.807) is 0 Å². The normalized spacial score (nSPS) is 23.3. The minimum Gasteiger partial charge on any atom is -0.480 e. The second kappa shape index (κ2) is 4.35. The number of carboxylic acids is 1. The van der Waals surface area contributed by atoms with Crippen molar-refractivity contribution >= 4 is 17.8 Å². The number of carbonyl (C=O) groups is 3. The Morgan fingerprint density at radius 3 is 2.53 bits per heavy atom. The number of amides is 2. The number of aliphatic carboxylic acids is 1. The van der Waals surface area contributed by atoms with E-state index >= 15 is 0 Å². The Morgan fingerprint density at radius 1 is 1.29 bits per heavy atom. The fourth-order valence-electron chi connectivity index (χ4n) is 2.32. The third kappa shape index (κ3) is 1.99. The molecule has 1 heterocycles. The summed E-state index contributed by atoms with van der Waals surface area (Å²) >= 11 is 0. The molecule has 0 aromatic carbocycles. The van der Waals surface area contributed by atoms with Crippen LogP contribution in [0.15, 0.2) is 0 Å². The molecule has 0 aromatic heterocycles. The minimum absolute atomic E-state index is 0.0849. The molecular formula is C11H16N2O4. The number of rotatable bonds is 2. The molecule has 0 atom stereocenters. The molecule has 1 saturated heterocycles. The summed E-state index contributed by atoms with van der Waals surface area (Å²) in [6.07, 6.45) is 1.86. The Labute approximate surface area is 99.0 Å². The second-order valence-corrected chi connectivity index (χ2v) is 4.63. The van der Waals surface area contributed by atoms with Crippen LogP contribution in [0.1, 0.15) is 25.7 Å². The van der Waals surface area contributed by atoms with Crippen molar-refractivity contribution in [2.75, 3.05) is 19.6 Å². The van der Waals surface area contributed by atoms with Crippen molar-refractivity contribution < 1.29 is 19.5 Å². The lowest BCUT2D eigenvalue weighted by atomic mass is 9.67. The third-order valence-corrected chi connectivity index (χ3v) is 3.63. The zero-order valence-corrected chi connectivity index (χ0v) is 9.57. The second-order valence-electron chi connectivity index (χ2n) is 4.63. The van der Waals surface area contributed by atoms with Crippen LogP contribution in [0, 0.1) is 5.41 Å². The van der Waals surface area contributed by atoms with Crippen molar-refractivity contribution in [2.24, 2.45) is 5.41 Å². The highest BCUT2D eigenvalue weighted by atomic mass is 16.4. The quantitative estimate of drug-likeness (QED) is 0.642. The van der Waals surface area contributed by atoms with E-state index in [9.17, 15) is 19.5 Å². The first kappa shape index (κ1) is 11.9. The number of nitrogens with one attached hydrogen (secondary N) is 1. The zero-order chi connectivity index (χ0) is 12.5. The van der Waals surface area contributed by atoms with Gasteiger partial charge in [-0.25, -0.2) is 0 Å². The van der Waals surface area contributed by atoms with Crippen LogP contribution in [0.25, 0.3) is 0 Å². The van der Waals surface area contributed by atoms with Gasteiger partial charge in [0.15, 0.2) is 0 Å². The molecule has 1 aliphatic heterocycles. The van der Waals surface area contributed by atoms with Crippen LogP contribution in [0.2, 0.25) is 0 Å². The first-order chi connectivity index (χ1) is 8.06. The number of hydrogen-bond donors (Lipinski definition) is 2. The van der Waals surface area contributed by atoms with Gasteiger partial charge in [0.25, 0.3) is 0 Å². The SMILES string of the molecule is O=C1CCN(C(=O)C2(C(=O)O)CCC2)CCN1. The van der Waals surface area contributed by atoms with E-state index in [1.165, 1.54) is 4.90 Å². The Morgan fingerprint density at radius 2 is 2.00 bits per heavy atom. The van der Waals surface area contributed by atoms with Gasteiger partial charge < -0.3 is 15.3 Å². The van der Waals surface area contributed by atoms with E-state index in [0.717, 1.165) is 6.42 Å². The van der Waals surface area contributed by atoms with Crippen LogP contribution in [0.4, 0.5) is 0 Å². The number of carboxylic acid groups (broad SMARTS) is 1. The Hall–Kier alpha value is -1.59. The largest absolute Gasteiger partial charge is 0.480 e. The smallest absolute Gasteiger partial charge is 0.319 e. The van der Waals surface area contributed by atoms with Gasteiger partial charge in [0.2, 0.25) is 11.8 Å². The molecule has 0 unspecified atom stereocenters. The minimum atomic E-state index is -1.21. The maximum Gasteiger partial charge on any atom is 0.319 e. The zero-order valence-electron chi connectivity index (χ0n) is 9.57. The fraction of sp³-hybridized carbons (Fsp3) is 0.727. The van der Waals surface area contributed by atoms with Gasteiger partial charge in [-0.1, -0.05) is 6.42 Å². The highest BCUT2D eigenvalue weighted by Crippen LogP contribution is 2.42. The molecule has 2 fully saturated rings. The number of carbonyl (C=O) groups excluding carboxylic acids is 2. The Balaban J connectivity index is 2.08. The average molecular weight is 240 g/mol. The van der Waals surface area contributed by atoms with Gasteiger partial charge in [-0.3, -0.25) is 14.4 Å². The van der Waals surface area contributed by atoms with E-state index in [4.69, 9.17) is 0 Å². The van der Waals surface area contributed by atoms with Crippen molar-refractivity contribution in [3.05, 3.63) is 0 Å². The summed E-state index contributed by atoms with van der Waals surface area (Å²) in [6, 6.07) is 0. The summed E-state index contributed by atoms with van der Waals surface area (Å²) in [4.78, 5) is 36.1. The van der Waals surface area contributed by atoms with Crippen LogP contribution in [0.3, 0.4) is 0 Å². The van der Waals surface area contributed by atoms with E-state index in [1.807, 2.05) is 0 Å². The fourth-order valence-corrected chi connectivity index (χ4v) is 2.32.